The molecule has 2 aromatic carbocycles. The van der Waals surface area contributed by atoms with E-state index in [1.54, 1.807) is 30.3 Å². The van der Waals surface area contributed by atoms with Crippen molar-refractivity contribution in [3.63, 3.8) is 0 Å². The Bertz CT molecular complexity index is 1020. The van der Waals surface area contributed by atoms with E-state index < -0.39 is 5.91 Å². The number of hydrogen-bond donors (Lipinski definition) is 2. The number of halogens is 1. The third kappa shape index (κ3) is 3.05. The van der Waals surface area contributed by atoms with Crippen molar-refractivity contribution in [2.75, 3.05) is 0 Å². The Morgan fingerprint density at radius 3 is 2.58 bits per heavy atom. The first-order valence-electron chi connectivity index (χ1n) is 7.83. The largest absolute Gasteiger partial charge is 0.488 e. The molecule has 0 radical (unpaired) electrons. The lowest BCUT2D eigenvalue weighted by molar-refractivity contribution is 0.0849. The molecular formula is C19H13ClN2O3S. The van der Waals surface area contributed by atoms with Crippen molar-refractivity contribution in [3.8, 4) is 16.2 Å². The lowest BCUT2D eigenvalue weighted by Crippen LogP contribution is -2.41. The van der Waals surface area contributed by atoms with Gasteiger partial charge in [0.15, 0.2) is 0 Å². The second kappa shape index (κ2) is 6.82. The van der Waals surface area contributed by atoms with Crippen molar-refractivity contribution >= 4 is 34.8 Å². The average molecular weight is 385 g/mol. The minimum Gasteiger partial charge on any atom is -0.488 e. The number of para-hydroxylation sites is 1. The molecule has 2 amide bonds. The highest BCUT2D eigenvalue weighted by molar-refractivity contribution is 7.17. The zero-order valence-corrected chi connectivity index (χ0v) is 15.0. The van der Waals surface area contributed by atoms with Crippen molar-refractivity contribution in [1.82, 2.24) is 10.9 Å². The van der Waals surface area contributed by atoms with E-state index in [0.29, 0.717) is 22.1 Å². The van der Waals surface area contributed by atoms with Gasteiger partial charge < -0.3 is 4.74 Å². The molecule has 0 atom stereocenters. The maximum atomic E-state index is 12.4. The number of hydrogen-bond acceptors (Lipinski definition) is 4. The standard InChI is InChI=1S/C19H13ClN2O3S/c20-14-7-3-1-5-12(14)18(23)21-22-19(24)16-9-11-10-25-15-8-4-2-6-13(15)17(11)26-16/h1-9H,10H2,(H,21,23)(H,22,24). The van der Waals surface area contributed by atoms with Crippen molar-refractivity contribution in [2.24, 2.45) is 0 Å². The van der Waals surface area contributed by atoms with E-state index in [2.05, 4.69) is 10.9 Å². The highest BCUT2D eigenvalue weighted by atomic mass is 35.5. The van der Waals surface area contributed by atoms with Crippen molar-refractivity contribution < 1.29 is 14.3 Å². The summed E-state index contributed by atoms with van der Waals surface area (Å²) >= 11 is 7.35. The molecule has 0 saturated heterocycles. The summed E-state index contributed by atoms with van der Waals surface area (Å²) in [6.07, 6.45) is 0. The Labute approximate surface area is 158 Å². The SMILES string of the molecule is O=C(NNC(=O)c1ccccc1Cl)c1cc2c(s1)-c1ccccc1OC2. The lowest BCUT2D eigenvalue weighted by atomic mass is 10.1. The van der Waals surface area contributed by atoms with Crippen LogP contribution in [0.25, 0.3) is 10.4 Å². The van der Waals surface area contributed by atoms with Crippen molar-refractivity contribution in [3.05, 3.63) is 75.6 Å². The normalized spacial score (nSPS) is 11.7. The van der Waals surface area contributed by atoms with E-state index in [1.165, 1.54) is 11.3 Å². The third-order valence-electron chi connectivity index (χ3n) is 3.96. The molecule has 5 nitrogen and oxygen atoms in total. The second-order valence-electron chi connectivity index (χ2n) is 5.64. The molecule has 1 aliphatic rings. The van der Waals surface area contributed by atoms with Gasteiger partial charge in [0.05, 0.1) is 15.5 Å². The second-order valence-corrected chi connectivity index (χ2v) is 7.10. The van der Waals surface area contributed by atoms with E-state index in [4.69, 9.17) is 16.3 Å². The Balaban J connectivity index is 1.50. The molecule has 0 fully saturated rings. The molecule has 130 valence electrons. The van der Waals surface area contributed by atoms with Gasteiger partial charge in [0.2, 0.25) is 0 Å². The highest BCUT2D eigenvalue weighted by Crippen LogP contribution is 2.42. The molecule has 1 aromatic heterocycles. The van der Waals surface area contributed by atoms with Gasteiger partial charge in [0.1, 0.15) is 12.4 Å². The van der Waals surface area contributed by atoms with Crippen LogP contribution in [0, 0.1) is 0 Å². The molecule has 2 heterocycles. The number of amides is 2. The van der Waals surface area contributed by atoms with E-state index in [-0.39, 0.29) is 5.91 Å². The quantitative estimate of drug-likeness (QED) is 0.655. The zero-order valence-electron chi connectivity index (χ0n) is 13.4. The summed E-state index contributed by atoms with van der Waals surface area (Å²) in [5.41, 5.74) is 7.04. The number of thiophene rings is 1. The predicted molar refractivity (Wildman–Crippen MR) is 100 cm³/mol. The highest BCUT2D eigenvalue weighted by Gasteiger charge is 2.22. The molecule has 7 heteroatoms. The number of ether oxygens (including phenoxy) is 1. The van der Waals surface area contributed by atoms with Gasteiger partial charge in [-0.15, -0.1) is 11.3 Å². The van der Waals surface area contributed by atoms with E-state index in [1.807, 2.05) is 24.3 Å². The van der Waals surface area contributed by atoms with Gasteiger partial charge in [0.25, 0.3) is 11.8 Å². The number of hydrazine groups is 1. The van der Waals surface area contributed by atoms with Gasteiger partial charge in [-0.05, 0) is 30.3 Å². The fourth-order valence-corrected chi connectivity index (χ4v) is 4.01. The van der Waals surface area contributed by atoms with Crippen LogP contribution in [0.2, 0.25) is 5.02 Å². The summed E-state index contributed by atoms with van der Waals surface area (Å²) in [5.74, 6) is -0.0536. The third-order valence-corrected chi connectivity index (χ3v) is 5.49. The van der Waals surface area contributed by atoms with Gasteiger partial charge >= 0.3 is 0 Å². The number of carbonyl (C=O) groups excluding carboxylic acids is 2. The molecule has 3 aromatic rings. The van der Waals surface area contributed by atoms with E-state index in [9.17, 15) is 9.59 Å². The average Bonchev–Trinajstić information content (AvgIpc) is 3.11. The molecule has 0 saturated carbocycles. The minimum absolute atomic E-state index is 0.294. The summed E-state index contributed by atoms with van der Waals surface area (Å²) in [5, 5.41) is 0.319. The number of benzene rings is 2. The number of rotatable bonds is 2. The number of carbonyl (C=O) groups is 2. The topological polar surface area (TPSA) is 67.4 Å². The Hall–Kier alpha value is -2.83. The smallest absolute Gasteiger partial charge is 0.279 e. The fraction of sp³-hybridized carbons (Fsp3) is 0.0526. The molecule has 1 aliphatic heterocycles. The molecule has 0 unspecified atom stereocenters. The summed E-state index contributed by atoms with van der Waals surface area (Å²) in [4.78, 5) is 26.0. The van der Waals surface area contributed by atoms with Crippen LogP contribution >= 0.6 is 22.9 Å². The minimum atomic E-state index is -0.473. The predicted octanol–water partition coefficient (Wildman–Crippen LogP) is 4.04. The Morgan fingerprint density at radius 2 is 1.73 bits per heavy atom. The molecule has 0 spiro atoms. The summed E-state index contributed by atoms with van der Waals surface area (Å²) < 4.78 is 5.70. The van der Waals surface area contributed by atoms with Crippen LogP contribution in [0.3, 0.4) is 0 Å². The maximum absolute atomic E-state index is 12.4. The van der Waals surface area contributed by atoms with Gasteiger partial charge in [0, 0.05) is 16.0 Å². The fourth-order valence-electron chi connectivity index (χ4n) is 2.70. The van der Waals surface area contributed by atoms with Crippen LogP contribution in [-0.4, -0.2) is 11.8 Å². The van der Waals surface area contributed by atoms with Crippen molar-refractivity contribution in [1.29, 1.82) is 0 Å². The molecule has 26 heavy (non-hydrogen) atoms. The molecular weight excluding hydrogens is 372 g/mol. The first-order valence-corrected chi connectivity index (χ1v) is 9.03. The Morgan fingerprint density at radius 1 is 1.00 bits per heavy atom. The van der Waals surface area contributed by atoms with Gasteiger partial charge in [-0.25, -0.2) is 0 Å². The zero-order chi connectivity index (χ0) is 18.1. The van der Waals surface area contributed by atoms with Crippen LogP contribution in [0.4, 0.5) is 0 Å². The van der Waals surface area contributed by atoms with Crippen LogP contribution < -0.4 is 15.6 Å². The summed E-state index contributed by atoms with van der Waals surface area (Å²) in [6.45, 7) is 0.419. The molecule has 0 bridgehead atoms. The van der Waals surface area contributed by atoms with E-state index in [0.717, 1.165) is 21.8 Å². The van der Waals surface area contributed by atoms with Crippen molar-refractivity contribution in [2.45, 2.75) is 6.61 Å². The number of nitrogens with one attached hydrogen (secondary N) is 2. The van der Waals surface area contributed by atoms with E-state index >= 15 is 0 Å². The molecule has 0 aliphatic carbocycles. The first-order chi connectivity index (χ1) is 12.6. The summed E-state index contributed by atoms with van der Waals surface area (Å²) in [7, 11) is 0. The van der Waals surface area contributed by atoms with Gasteiger partial charge in [-0.2, -0.15) is 0 Å². The van der Waals surface area contributed by atoms with Gasteiger partial charge in [-0.1, -0.05) is 35.9 Å². The first kappa shape index (κ1) is 16.6. The maximum Gasteiger partial charge on any atom is 0.279 e. The number of fused-ring (bicyclic) bond motifs is 3. The van der Waals surface area contributed by atoms with Crippen LogP contribution in [-0.2, 0) is 6.61 Å². The van der Waals surface area contributed by atoms with Crippen LogP contribution in [0.5, 0.6) is 5.75 Å². The molecule has 2 N–H and O–H groups in total. The molecule has 4 rings (SSSR count). The van der Waals surface area contributed by atoms with Gasteiger partial charge in [-0.3, -0.25) is 20.4 Å². The Kier molecular flexibility index (Phi) is 4.36. The lowest BCUT2D eigenvalue weighted by Gasteiger charge is -2.16. The van der Waals surface area contributed by atoms with Crippen LogP contribution in [0.15, 0.2) is 54.6 Å². The monoisotopic (exact) mass is 384 g/mol. The van der Waals surface area contributed by atoms with Crippen LogP contribution in [0.1, 0.15) is 25.6 Å². The summed E-state index contributed by atoms with van der Waals surface area (Å²) in [6, 6.07) is 16.1.